The smallest absolute Gasteiger partial charge is 0.304 e. The van der Waals surface area contributed by atoms with Gasteiger partial charge in [0.05, 0.1) is 17.5 Å². The third-order valence-electron chi connectivity index (χ3n) is 5.16. The van der Waals surface area contributed by atoms with Gasteiger partial charge in [-0.05, 0) is 36.1 Å². The number of aliphatic carboxylic acids is 1. The fraction of sp³-hybridized carbons (Fsp3) is 0.238. The van der Waals surface area contributed by atoms with Crippen LogP contribution in [0.15, 0.2) is 54.2 Å². The van der Waals surface area contributed by atoms with Crippen molar-refractivity contribution in [3.05, 3.63) is 65.3 Å². The fourth-order valence-electron chi connectivity index (χ4n) is 3.84. The quantitative estimate of drug-likeness (QED) is 0.718. The van der Waals surface area contributed by atoms with Gasteiger partial charge in [-0.2, -0.15) is 0 Å². The van der Waals surface area contributed by atoms with Crippen LogP contribution in [0.4, 0.5) is 5.13 Å². The van der Waals surface area contributed by atoms with Gasteiger partial charge in [-0.15, -0.1) is 11.3 Å². The number of pyridine rings is 1. The third-order valence-corrected chi connectivity index (χ3v) is 6.08. The zero-order chi connectivity index (χ0) is 19.7. The van der Waals surface area contributed by atoms with E-state index in [-0.39, 0.29) is 12.3 Å². The highest BCUT2D eigenvalue weighted by Gasteiger charge is 2.47. The van der Waals surface area contributed by atoms with Crippen LogP contribution in [0.25, 0.3) is 11.3 Å². The molecule has 0 aliphatic heterocycles. The SMILES string of the molecule is CN(C(=O)C1(CC(=O)O)Cc2ccccc2C1)c1nc(-c2cccnc2)cs1. The van der Waals surface area contributed by atoms with Crippen LogP contribution in [0.5, 0.6) is 0 Å². The van der Waals surface area contributed by atoms with Gasteiger partial charge in [0, 0.05) is 30.4 Å². The maximum Gasteiger partial charge on any atom is 0.304 e. The van der Waals surface area contributed by atoms with Gasteiger partial charge in [0.1, 0.15) is 0 Å². The van der Waals surface area contributed by atoms with Crippen molar-refractivity contribution in [1.29, 1.82) is 0 Å². The van der Waals surface area contributed by atoms with Crippen molar-refractivity contribution in [3.8, 4) is 11.3 Å². The summed E-state index contributed by atoms with van der Waals surface area (Å²) in [5.74, 6) is -1.18. The minimum absolute atomic E-state index is 0.203. The van der Waals surface area contributed by atoms with Crippen LogP contribution in [0.2, 0.25) is 0 Å². The lowest BCUT2D eigenvalue weighted by Gasteiger charge is -2.30. The molecule has 2 heterocycles. The lowest BCUT2D eigenvalue weighted by atomic mass is 9.80. The molecule has 0 saturated carbocycles. The summed E-state index contributed by atoms with van der Waals surface area (Å²) >= 11 is 1.36. The van der Waals surface area contributed by atoms with E-state index in [0.717, 1.165) is 22.4 Å². The summed E-state index contributed by atoms with van der Waals surface area (Å²) in [6.07, 6.45) is 4.07. The fourth-order valence-corrected chi connectivity index (χ4v) is 4.64. The van der Waals surface area contributed by atoms with Crippen LogP contribution in [0.3, 0.4) is 0 Å². The second kappa shape index (κ2) is 7.16. The molecule has 6 nitrogen and oxygen atoms in total. The molecule has 0 radical (unpaired) electrons. The highest BCUT2D eigenvalue weighted by Crippen LogP contribution is 2.42. The van der Waals surface area contributed by atoms with E-state index in [1.54, 1.807) is 19.4 Å². The first-order valence-electron chi connectivity index (χ1n) is 8.91. The largest absolute Gasteiger partial charge is 0.481 e. The molecule has 1 aliphatic carbocycles. The van der Waals surface area contributed by atoms with Crippen molar-refractivity contribution in [2.24, 2.45) is 5.41 Å². The lowest BCUT2D eigenvalue weighted by Crippen LogP contribution is -2.44. The Morgan fingerprint density at radius 3 is 2.50 bits per heavy atom. The first-order chi connectivity index (χ1) is 13.5. The summed E-state index contributed by atoms with van der Waals surface area (Å²) < 4.78 is 0. The van der Waals surface area contributed by atoms with Gasteiger partial charge in [-0.25, -0.2) is 4.98 Å². The minimum Gasteiger partial charge on any atom is -0.481 e. The van der Waals surface area contributed by atoms with Crippen molar-refractivity contribution in [3.63, 3.8) is 0 Å². The number of nitrogens with zero attached hydrogens (tertiary/aromatic N) is 3. The standard InChI is InChI=1S/C21H19N3O3S/c1-24(20-23-17(13-28-20)16-7-4-8-22-12-16)19(27)21(11-18(25)26)9-14-5-2-3-6-15(14)10-21/h2-8,12-13H,9-11H2,1H3,(H,25,26). The Bertz CT molecular complexity index is 1010. The molecule has 0 unspecified atom stereocenters. The van der Waals surface area contributed by atoms with Gasteiger partial charge < -0.3 is 5.11 Å². The first kappa shape index (κ1) is 18.3. The number of carbonyl (C=O) groups excluding carboxylic acids is 1. The zero-order valence-electron chi connectivity index (χ0n) is 15.3. The molecule has 28 heavy (non-hydrogen) atoms. The predicted molar refractivity (Wildman–Crippen MR) is 107 cm³/mol. The Kier molecular flexibility index (Phi) is 4.68. The molecule has 3 aromatic rings. The normalized spacial score (nSPS) is 14.5. The number of rotatable bonds is 5. The maximum atomic E-state index is 13.4. The van der Waals surface area contributed by atoms with Gasteiger partial charge in [0.15, 0.2) is 5.13 Å². The van der Waals surface area contributed by atoms with Crippen LogP contribution < -0.4 is 4.90 Å². The molecule has 0 bridgehead atoms. The number of hydrogen-bond acceptors (Lipinski definition) is 5. The summed E-state index contributed by atoms with van der Waals surface area (Å²) in [5, 5.41) is 11.9. The zero-order valence-corrected chi connectivity index (χ0v) is 16.1. The highest BCUT2D eigenvalue weighted by atomic mass is 32.1. The molecule has 0 fully saturated rings. The van der Waals surface area contributed by atoms with Crippen LogP contribution in [-0.4, -0.2) is 34.0 Å². The number of anilines is 1. The van der Waals surface area contributed by atoms with E-state index < -0.39 is 11.4 Å². The maximum absolute atomic E-state index is 13.4. The van der Waals surface area contributed by atoms with E-state index in [2.05, 4.69) is 9.97 Å². The Morgan fingerprint density at radius 2 is 1.89 bits per heavy atom. The van der Waals surface area contributed by atoms with E-state index in [1.165, 1.54) is 16.2 Å². The Morgan fingerprint density at radius 1 is 1.18 bits per heavy atom. The van der Waals surface area contributed by atoms with E-state index in [1.807, 2.05) is 41.8 Å². The lowest BCUT2D eigenvalue weighted by molar-refractivity contribution is -0.144. The third kappa shape index (κ3) is 3.29. The molecule has 1 aromatic carbocycles. The summed E-state index contributed by atoms with van der Waals surface area (Å²) in [6, 6.07) is 11.5. The van der Waals surface area contributed by atoms with E-state index in [9.17, 15) is 14.7 Å². The number of carboxylic acid groups (broad SMARTS) is 1. The Balaban J connectivity index is 1.63. The molecule has 142 valence electrons. The number of benzene rings is 1. The average Bonchev–Trinajstić information content (AvgIpc) is 3.32. The monoisotopic (exact) mass is 393 g/mol. The minimum atomic E-state index is -0.982. The summed E-state index contributed by atoms with van der Waals surface area (Å²) in [7, 11) is 1.67. The molecule has 0 saturated heterocycles. The van der Waals surface area contributed by atoms with Crippen molar-refractivity contribution in [2.45, 2.75) is 19.3 Å². The Hall–Kier alpha value is -3.06. The number of fused-ring (bicyclic) bond motifs is 1. The Labute approximate surface area is 166 Å². The molecule has 1 N–H and O–H groups in total. The number of carboxylic acids is 1. The number of amides is 1. The van der Waals surface area contributed by atoms with E-state index in [0.29, 0.717) is 18.0 Å². The summed E-state index contributed by atoms with van der Waals surface area (Å²) in [4.78, 5) is 35.2. The first-order valence-corrected chi connectivity index (χ1v) is 9.79. The van der Waals surface area contributed by atoms with E-state index >= 15 is 0 Å². The van der Waals surface area contributed by atoms with Gasteiger partial charge >= 0.3 is 5.97 Å². The van der Waals surface area contributed by atoms with E-state index in [4.69, 9.17) is 0 Å². The van der Waals surface area contributed by atoms with Gasteiger partial charge in [-0.1, -0.05) is 24.3 Å². The van der Waals surface area contributed by atoms with Crippen LogP contribution in [0.1, 0.15) is 17.5 Å². The summed E-state index contributed by atoms with van der Waals surface area (Å²) in [6.45, 7) is 0. The molecule has 1 amide bonds. The number of thiazole rings is 1. The summed E-state index contributed by atoms with van der Waals surface area (Å²) in [5.41, 5.74) is 2.72. The number of carbonyl (C=O) groups is 2. The van der Waals surface area contributed by atoms with Crippen molar-refractivity contribution in [2.75, 3.05) is 11.9 Å². The topological polar surface area (TPSA) is 83.4 Å². The van der Waals surface area contributed by atoms with Crippen molar-refractivity contribution in [1.82, 2.24) is 9.97 Å². The number of hydrogen-bond donors (Lipinski definition) is 1. The molecule has 2 aromatic heterocycles. The van der Waals surface area contributed by atoms with Crippen LogP contribution in [-0.2, 0) is 22.4 Å². The van der Waals surface area contributed by atoms with Gasteiger partial charge in [0.2, 0.25) is 5.91 Å². The second-order valence-electron chi connectivity index (χ2n) is 7.09. The van der Waals surface area contributed by atoms with Crippen molar-refractivity contribution < 1.29 is 14.7 Å². The molecule has 0 atom stereocenters. The van der Waals surface area contributed by atoms with Gasteiger partial charge in [0.25, 0.3) is 0 Å². The molecule has 1 aliphatic rings. The van der Waals surface area contributed by atoms with Crippen LogP contribution in [0, 0.1) is 5.41 Å². The molecular weight excluding hydrogens is 374 g/mol. The molecular formula is C21H19N3O3S. The van der Waals surface area contributed by atoms with Gasteiger partial charge in [-0.3, -0.25) is 19.5 Å². The molecule has 4 rings (SSSR count). The van der Waals surface area contributed by atoms with Crippen LogP contribution >= 0.6 is 11.3 Å². The average molecular weight is 393 g/mol. The highest BCUT2D eigenvalue weighted by molar-refractivity contribution is 7.14. The molecule has 7 heteroatoms. The van der Waals surface area contributed by atoms with Crippen molar-refractivity contribution >= 4 is 28.3 Å². The second-order valence-corrected chi connectivity index (χ2v) is 7.93. The predicted octanol–water partition coefficient (Wildman–Crippen LogP) is 3.43. The number of aromatic nitrogens is 2. The molecule has 0 spiro atoms.